The normalized spacial score (nSPS) is 28.5. The Labute approximate surface area is 170 Å². The number of aromatic nitrogens is 2. The van der Waals surface area contributed by atoms with E-state index >= 15 is 0 Å². The Hall–Kier alpha value is -2.21. The minimum atomic E-state index is -1.24. The first-order chi connectivity index (χ1) is 14.1. The number of carboxylic acid groups (broad SMARTS) is 1. The molecule has 3 atom stereocenters. The van der Waals surface area contributed by atoms with Crippen LogP contribution < -0.4 is 5.56 Å². The van der Waals surface area contributed by atoms with Gasteiger partial charge in [0.05, 0.1) is 11.0 Å². The summed E-state index contributed by atoms with van der Waals surface area (Å²) >= 11 is 0. The summed E-state index contributed by atoms with van der Waals surface area (Å²) < 4.78 is 1.75. The van der Waals surface area contributed by atoms with Crippen molar-refractivity contribution in [2.24, 2.45) is 0 Å². The van der Waals surface area contributed by atoms with E-state index in [4.69, 9.17) is 0 Å². The van der Waals surface area contributed by atoms with E-state index in [1.807, 2.05) is 18.2 Å². The van der Waals surface area contributed by atoms with Gasteiger partial charge in [-0.15, -0.1) is 0 Å². The van der Waals surface area contributed by atoms with Crippen molar-refractivity contribution in [3.8, 4) is 0 Å². The predicted octanol–water partition coefficient (Wildman–Crippen LogP) is 3.99. The fourth-order valence-corrected chi connectivity index (χ4v) is 6.20. The highest BCUT2D eigenvalue weighted by Crippen LogP contribution is 2.44. The Morgan fingerprint density at radius 2 is 1.55 bits per heavy atom. The molecular formula is C23H29N3O3. The smallest absolute Gasteiger partial charge is 0.360 e. The van der Waals surface area contributed by atoms with Crippen LogP contribution in [0.3, 0.4) is 0 Å². The van der Waals surface area contributed by atoms with Gasteiger partial charge in [0.25, 0.3) is 5.56 Å². The van der Waals surface area contributed by atoms with Crippen molar-refractivity contribution in [1.82, 2.24) is 14.5 Å². The molecule has 3 heterocycles. The maximum Gasteiger partial charge on any atom is 0.360 e. The lowest BCUT2D eigenvalue weighted by Crippen LogP contribution is -2.50. The van der Waals surface area contributed by atoms with Crippen LogP contribution in [0.2, 0.25) is 0 Å². The summed E-state index contributed by atoms with van der Waals surface area (Å²) in [4.78, 5) is 31.7. The molecule has 1 unspecified atom stereocenters. The van der Waals surface area contributed by atoms with Gasteiger partial charge in [-0.05, 0) is 50.7 Å². The molecule has 0 radical (unpaired) electrons. The fraction of sp³-hybridized carbons (Fsp3) is 0.609. The molecule has 3 aliphatic rings. The zero-order chi connectivity index (χ0) is 20.0. The number of rotatable bonds is 3. The fourth-order valence-electron chi connectivity index (χ4n) is 6.20. The molecule has 5 rings (SSSR count). The summed E-state index contributed by atoms with van der Waals surface area (Å²) in [5, 5.41) is 9.52. The van der Waals surface area contributed by atoms with Crippen molar-refractivity contribution in [2.45, 2.75) is 88.4 Å². The third-order valence-electron chi connectivity index (χ3n) is 7.37. The number of hydrogen-bond donors (Lipinski definition) is 1. The molecule has 0 amide bonds. The highest BCUT2D eigenvalue weighted by atomic mass is 16.4. The summed E-state index contributed by atoms with van der Waals surface area (Å²) in [5.74, 6) is -1.24. The number of carboxylic acids is 1. The van der Waals surface area contributed by atoms with Crippen LogP contribution in [-0.2, 0) is 0 Å². The van der Waals surface area contributed by atoms with E-state index in [0.29, 0.717) is 23.6 Å². The third-order valence-corrected chi connectivity index (χ3v) is 7.37. The number of nitrogens with zero attached hydrogens (tertiary/aromatic N) is 3. The van der Waals surface area contributed by atoms with Gasteiger partial charge in [-0.25, -0.2) is 9.78 Å². The quantitative estimate of drug-likeness (QED) is 0.796. The summed E-state index contributed by atoms with van der Waals surface area (Å²) in [7, 11) is 0. The van der Waals surface area contributed by atoms with Crippen LogP contribution in [0.15, 0.2) is 29.1 Å². The Balaban J connectivity index is 1.51. The molecular weight excluding hydrogens is 366 g/mol. The zero-order valence-electron chi connectivity index (χ0n) is 16.8. The molecule has 6 nitrogen and oxygen atoms in total. The van der Waals surface area contributed by atoms with E-state index in [1.54, 1.807) is 10.6 Å². The molecule has 2 saturated heterocycles. The molecule has 1 aromatic heterocycles. The summed E-state index contributed by atoms with van der Waals surface area (Å²) in [5.41, 5.74) is 0.531. The summed E-state index contributed by atoms with van der Waals surface area (Å²) in [6, 6.07) is 9.19. The van der Waals surface area contributed by atoms with Crippen molar-refractivity contribution < 1.29 is 9.90 Å². The number of piperidine rings is 1. The van der Waals surface area contributed by atoms with Crippen LogP contribution >= 0.6 is 0 Å². The van der Waals surface area contributed by atoms with Gasteiger partial charge >= 0.3 is 5.97 Å². The number of fused-ring (bicyclic) bond motifs is 3. The number of aromatic carboxylic acids is 1. The van der Waals surface area contributed by atoms with Gasteiger partial charge in [0.15, 0.2) is 0 Å². The molecule has 3 fully saturated rings. The molecule has 1 aromatic carbocycles. The maximum absolute atomic E-state index is 13.1. The lowest BCUT2D eigenvalue weighted by molar-refractivity contribution is 0.0546. The predicted molar refractivity (Wildman–Crippen MR) is 111 cm³/mol. The summed E-state index contributed by atoms with van der Waals surface area (Å²) in [6.45, 7) is 0. The molecule has 1 aliphatic carbocycles. The lowest BCUT2D eigenvalue weighted by Gasteiger charge is -2.44. The van der Waals surface area contributed by atoms with Crippen LogP contribution in [0, 0.1) is 0 Å². The van der Waals surface area contributed by atoms with Gasteiger partial charge in [-0.3, -0.25) is 9.69 Å². The van der Waals surface area contributed by atoms with Gasteiger partial charge in [0.1, 0.15) is 0 Å². The van der Waals surface area contributed by atoms with E-state index in [1.165, 1.54) is 51.4 Å². The zero-order valence-corrected chi connectivity index (χ0v) is 16.8. The third kappa shape index (κ3) is 3.27. The van der Waals surface area contributed by atoms with Crippen LogP contribution in [-0.4, -0.2) is 43.7 Å². The van der Waals surface area contributed by atoms with Crippen molar-refractivity contribution in [3.05, 3.63) is 40.3 Å². The Morgan fingerprint density at radius 3 is 2.21 bits per heavy atom. The maximum atomic E-state index is 13.1. The molecule has 2 bridgehead atoms. The van der Waals surface area contributed by atoms with Gasteiger partial charge < -0.3 is 9.67 Å². The van der Waals surface area contributed by atoms with Gasteiger partial charge in [0, 0.05) is 24.2 Å². The summed E-state index contributed by atoms with van der Waals surface area (Å²) in [6.07, 6.45) is 12.2. The average molecular weight is 396 g/mol. The van der Waals surface area contributed by atoms with E-state index in [9.17, 15) is 14.7 Å². The topological polar surface area (TPSA) is 75.4 Å². The molecule has 2 aromatic rings. The molecule has 6 heteroatoms. The van der Waals surface area contributed by atoms with Crippen molar-refractivity contribution >= 4 is 17.0 Å². The minimum Gasteiger partial charge on any atom is -0.476 e. The first-order valence-electron chi connectivity index (χ1n) is 11.2. The highest BCUT2D eigenvalue weighted by Gasteiger charge is 2.44. The minimum absolute atomic E-state index is 0.0491. The lowest BCUT2D eigenvalue weighted by atomic mass is 9.92. The van der Waals surface area contributed by atoms with Crippen molar-refractivity contribution in [1.29, 1.82) is 0 Å². The number of hydrogen-bond acceptors (Lipinski definition) is 4. The van der Waals surface area contributed by atoms with E-state index in [2.05, 4.69) is 9.88 Å². The monoisotopic (exact) mass is 395 g/mol. The van der Waals surface area contributed by atoms with Crippen LogP contribution in [0.4, 0.5) is 0 Å². The number of carbonyl (C=O) groups is 1. The Kier molecular flexibility index (Phi) is 4.90. The number of benzene rings is 1. The van der Waals surface area contributed by atoms with E-state index < -0.39 is 11.5 Å². The average Bonchev–Trinajstić information content (AvgIpc) is 2.91. The molecule has 29 heavy (non-hydrogen) atoms. The molecule has 0 spiro atoms. The molecule has 154 valence electrons. The molecule has 2 aliphatic heterocycles. The second kappa shape index (κ2) is 7.56. The first-order valence-corrected chi connectivity index (χ1v) is 11.2. The first kappa shape index (κ1) is 18.8. The standard InChI is InChI=1S/C23H29N3O3/c27-22-21(23(28)29)24-19-9-5-6-10-20(19)26(22)18-13-16-11-12-17(14-18)25(16)15-7-3-1-2-4-8-15/h5-6,9-10,15-18H,1-4,7-8,11-14H2,(H,28,29)/t16-,17+,18?. The van der Waals surface area contributed by atoms with Gasteiger partial charge in [-0.1, -0.05) is 37.8 Å². The van der Waals surface area contributed by atoms with Crippen molar-refractivity contribution in [3.63, 3.8) is 0 Å². The van der Waals surface area contributed by atoms with E-state index in [0.717, 1.165) is 18.4 Å². The van der Waals surface area contributed by atoms with Crippen LogP contribution in [0.1, 0.15) is 80.7 Å². The van der Waals surface area contributed by atoms with Gasteiger partial charge in [0.2, 0.25) is 5.69 Å². The largest absolute Gasteiger partial charge is 0.476 e. The SMILES string of the molecule is O=C(O)c1nc2ccccc2n(C2C[C@H]3CC[C@@H](C2)N3C2CCCCCC2)c1=O. The molecule has 1 N–H and O–H groups in total. The second-order valence-electron chi connectivity index (χ2n) is 9.03. The highest BCUT2D eigenvalue weighted by molar-refractivity contribution is 5.88. The Morgan fingerprint density at radius 1 is 0.897 bits per heavy atom. The van der Waals surface area contributed by atoms with Crippen LogP contribution in [0.5, 0.6) is 0 Å². The number of para-hydroxylation sites is 2. The second-order valence-corrected chi connectivity index (χ2v) is 9.03. The molecule has 1 saturated carbocycles. The van der Waals surface area contributed by atoms with E-state index in [-0.39, 0.29) is 11.7 Å². The van der Waals surface area contributed by atoms with Crippen LogP contribution in [0.25, 0.3) is 11.0 Å². The Bertz CT molecular complexity index is 963. The van der Waals surface area contributed by atoms with Crippen molar-refractivity contribution in [2.75, 3.05) is 0 Å². The van der Waals surface area contributed by atoms with Gasteiger partial charge in [-0.2, -0.15) is 0 Å².